The number of ether oxygens (including phenoxy) is 1. The van der Waals surface area contributed by atoms with Gasteiger partial charge in [0.2, 0.25) is 0 Å². The molecule has 0 aliphatic rings. The van der Waals surface area contributed by atoms with Gasteiger partial charge in [-0.15, -0.1) is 0 Å². The second kappa shape index (κ2) is 6.38. The highest BCUT2D eigenvalue weighted by molar-refractivity contribution is 6.29. The molecular weight excluding hydrogens is 270 g/mol. The Balaban J connectivity index is 3.05. The summed E-state index contributed by atoms with van der Waals surface area (Å²) in [6.07, 6.45) is 1.31. The van der Waals surface area contributed by atoms with Crippen molar-refractivity contribution in [1.82, 2.24) is 9.88 Å². The van der Waals surface area contributed by atoms with Crippen molar-refractivity contribution in [2.24, 2.45) is 0 Å². The van der Waals surface area contributed by atoms with Crippen LogP contribution in [0.3, 0.4) is 0 Å². The monoisotopic (exact) mass is 285 g/mol. The number of pyridine rings is 1. The fraction of sp³-hybridized carbons (Fsp3) is 0.417. The molecule has 0 aromatic carbocycles. The van der Waals surface area contributed by atoms with E-state index in [4.69, 9.17) is 17.3 Å². The fourth-order valence-corrected chi connectivity index (χ4v) is 1.63. The number of rotatable bonds is 4. The minimum Gasteiger partial charge on any atom is -0.468 e. The van der Waals surface area contributed by atoms with Gasteiger partial charge < -0.3 is 15.4 Å². The molecule has 19 heavy (non-hydrogen) atoms. The fourth-order valence-electron chi connectivity index (χ4n) is 1.47. The van der Waals surface area contributed by atoms with E-state index >= 15 is 0 Å². The Labute approximate surface area is 116 Å². The van der Waals surface area contributed by atoms with Crippen molar-refractivity contribution in [2.45, 2.75) is 19.9 Å². The highest BCUT2D eigenvalue weighted by atomic mass is 35.5. The molecule has 0 spiro atoms. The van der Waals surface area contributed by atoms with Gasteiger partial charge in [-0.2, -0.15) is 0 Å². The van der Waals surface area contributed by atoms with Crippen molar-refractivity contribution in [2.75, 3.05) is 19.4 Å². The number of hydrogen-bond donors (Lipinski definition) is 1. The molecule has 0 unspecified atom stereocenters. The molecule has 0 saturated carbocycles. The van der Waals surface area contributed by atoms with Crippen LogP contribution in [0.1, 0.15) is 24.2 Å². The zero-order chi connectivity index (χ0) is 14.6. The second-order valence-electron chi connectivity index (χ2n) is 4.20. The van der Waals surface area contributed by atoms with Gasteiger partial charge in [0, 0.05) is 6.04 Å². The molecular formula is C12H16ClN3O3. The molecule has 1 aromatic heterocycles. The van der Waals surface area contributed by atoms with E-state index in [9.17, 15) is 9.59 Å². The Bertz CT molecular complexity index is 491. The van der Waals surface area contributed by atoms with Crippen molar-refractivity contribution < 1.29 is 14.3 Å². The normalized spacial score (nSPS) is 10.4. The van der Waals surface area contributed by atoms with Gasteiger partial charge >= 0.3 is 5.97 Å². The van der Waals surface area contributed by atoms with Gasteiger partial charge in [0.05, 0.1) is 24.6 Å². The lowest BCUT2D eigenvalue weighted by Gasteiger charge is -2.26. The van der Waals surface area contributed by atoms with E-state index in [-0.39, 0.29) is 34.9 Å². The number of methoxy groups -OCH3 is 1. The SMILES string of the molecule is COC(=O)CN(C(=O)c1cc(Cl)ncc1N)C(C)C. The maximum Gasteiger partial charge on any atom is 0.325 e. The van der Waals surface area contributed by atoms with Crippen molar-refractivity contribution in [1.29, 1.82) is 0 Å². The van der Waals surface area contributed by atoms with Crippen LogP contribution >= 0.6 is 11.6 Å². The first-order valence-corrected chi connectivity index (χ1v) is 6.03. The first-order valence-electron chi connectivity index (χ1n) is 5.65. The Kier molecular flexibility index (Phi) is 5.11. The average Bonchev–Trinajstić information content (AvgIpc) is 2.37. The smallest absolute Gasteiger partial charge is 0.325 e. The molecule has 0 saturated heterocycles. The number of aromatic nitrogens is 1. The molecule has 0 aliphatic heterocycles. The lowest BCUT2D eigenvalue weighted by molar-refractivity contribution is -0.141. The van der Waals surface area contributed by atoms with Crippen LogP contribution in [0.2, 0.25) is 5.15 Å². The van der Waals surface area contributed by atoms with E-state index in [0.29, 0.717) is 0 Å². The van der Waals surface area contributed by atoms with Crippen LogP contribution in [0, 0.1) is 0 Å². The molecule has 104 valence electrons. The summed E-state index contributed by atoms with van der Waals surface area (Å²) < 4.78 is 4.57. The van der Waals surface area contributed by atoms with E-state index in [1.165, 1.54) is 24.3 Å². The lowest BCUT2D eigenvalue weighted by Crippen LogP contribution is -2.41. The first kappa shape index (κ1) is 15.2. The third kappa shape index (κ3) is 3.82. The Morgan fingerprint density at radius 3 is 2.68 bits per heavy atom. The summed E-state index contributed by atoms with van der Waals surface area (Å²) in [5.74, 6) is -0.886. The van der Waals surface area contributed by atoms with E-state index in [2.05, 4.69) is 9.72 Å². The van der Waals surface area contributed by atoms with E-state index in [0.717, 1.165) is 0 Å². The van der Waals surface area contributed by atoms with Gasteiger partial charge in [0.25, 0.3) is 5.91 Å². The maximum absolute atomic E-state index is 12.4. The molecule has 0 atom stereocenters. The topological polar surface area (TPSA) is 85.5 Å². The summed E-state index contributed by atoms with van der Waals surface area (Å²) in [4.78, 5) is 28.8. The molecule has 0 radical (unpaired) electrons. The molecule has 1 aromatic rings. The van der Waals surface area contributed by atoms with Crippen LogP contribution in [0.5, 0.6) is 0 Å². The first-order chi connectivity index (χ1) is 8.86. The standard InChI is InChI=1S/C12H16ClN3O3/c1-7(2)16(6-11(17)19-3)12(18)8-4-10(13)15-5-9(8)14/h4-5,7H,6,14H2,1-3H3. The Morgan fingerprint density at radius 1 is 1.53 bits per heavy atom. The van der Waals surface area contributed by atoms with Crippen LogP contribution in [0.15, 0.2) is 12.3 Å². The zero-order valence-corrected chi connectivity index (χ0v) is 11.8. The number of halogens is 1. The average molecular weight is 286 g/mol. The van der Waals surface area contributed by atoms with Crippen LogP contribution in [-0.2, 0) is 9.53 Å². The van der Waals surface area contributed by atoms with Gasteiger partial charge in [-0.3, -0.25) is 9.59 Å². The minimum atomic E-state index is -0.499. The third-order valence-corrected chi connectivity index (χ3v) is 2.75. The van der Waals surface area contributed by atoms with Crippen molar-refractivity contribution in [3.8, 4) is 0 Å². The number of anilines is 1. The van der Waals surface area contributed by atoms with Crippen LogP contribution < -0.4 is 5.73 Å². The van der Waals surface area contributed by atoms with Gasteiger partial charge in [0.1, 0.15) is 11.7 Å². The summed E-state index contributed by atoms with van der Waals surface area (Å²) in [5, 5.41) is 0.166. The molecule has 0 bridgehead atoms. The van der Waals surface area contributed by atoms with Crippen LogP contribution in [0.25, 0.3) is 0 Å². The van der Waals surface area contributed by atoms with E-state index in [1.54, 1.807) is 13.8 Å². The number of carbonyl (C=O) groups excluding carboxylic acids is 2. The minimum absolute atomic E-state index is 0.146. The predicted molar refractivity (Wildman–Crippen MR) is 71.8 cm³/mol. The number of carbonyl (C=O) groups is 2. The molecule has 1 heterocycles. The van der Waals surface area contributed by atoms with Crippen LogP contribution in [-0.4, -0.2) is 41.5 Å². The van der Waals surface area contributed by atoms with Gasteiger partial charge in [-0.25, -0.2) is 4.98 Å². The third-order valence-electron chi connectivity index (χ3n) is 2.54. The second-order valence-corrected chi connectivity index (χ2v) is 4.58. The zero-order valence-electron chi connectivity index (χ0n) is 11.0. The maximum atomic E-state index is 12.4. The lowest BCUT2D eigenvalue weighted by atomic mass is 10.1. The summed E-state index contributed by atoms with van der Waals surface area (Å²) in [6, 6.07) is 1.20. The number of nitrogens with two attached hydrogens (primary N) is 1. The predicted octanol–water partition coefficient (Wildman–Crippen LogP) is 1.34. The number of esters is 1. The Hall–Kier alpha value is -1.82. The highest BCUT2D eigenvalue weighted by Gasteiger charge is 2.23. The van der Waals surface area contributed by atoms with Crippen LogP contribution in [0.4, 0.5) is 5.69 Å². The number of nitrogens with zero attached hydrogens (tertiary/aromatic N) is 2. The molecule has 1 amide bonds. The van der Waals surface area contributed by atoms with Gasteiger partial charge in [0.15, 0.2) is 0 Å². The molecule has 2 N–H and O–H groups in total. The number of hydrogen-bond acceptors (Lipinski definition) is 5. The molecule has 7 heteroatoms. The van der Waals surface area contributed by atoms with Crippen molar-refractivity contribution in [3.63, 3.8) is 0 Å². The van der Waals surface area contributed by atoms with Gasteiger partial charge in [-0.05, 0) is 19.9 Å². The largest absolute Gasteiger partial charge is 0.468 e. The van der Waals surface area contributed by atoms with E-state index in [1.807, 2.05) is 0 Å². The van der Waals surface area contributed by atoms with Crippen molar-refractivity contribution >= 4 is 29.2 Å². The summed E-state index contributed by atoms with van der Waals surface area (Å²) >= 11 is 5.75. The van der Waals surface area contributed by atoms with Crippen molar-refractivity contribution in [3.05, 3.63) is 23.0 Å². The highest BCUT2D eigenvalue weighted by Crippen LogP contribution is 2.18. The molecule has 0 aliphatic carbocycles. The molecule has 0 fully saturated rings. The van der Waals surface area contributed by atoms with Gasteiger partial charge in [-0.1, -0.05) is 11.6 Å². The number of nitrogen functional groups attached to an aromatic ring is 1. The molecule has 6 nitrogen and oxygen atoms in total. The number of amides is 1. The summed E-state index contributed by atoms with van der Waals surface area (Å²) in [5.41, 5.74) is 6.14. The van der Waals surface area contributed by atoms with E-state index < -0.39 is 5.97 Å². The molecule has 1 rings (SSSR count). The quantitative estimate of drug-likeness (QED) is 0.666. The Morgan fingerprint density at radius 2 is 2.16 bits per heavy atom. The summed E-state index contributed by atoms with van der Waals surface area (Å²) in [7, 11) is 1.27. The summed E-state index contributed by atoms with van der Waals surface area (Å²) in [6.45, 7) is 3.44.